The average molecular weight is 251 g/mol. The molecule has 1 fully saturated rings. The second-order valence-corrected chi connectivity index (χ2v) is 4.20. The SMILES string of the molecule is COC(=O)c1ccnc(N2CCOCC2C)c1N. The molecule has 6 heteroatoms. The van der Waals surface area contributed by atoms with Crippen molar-refractivity contribution in [3.63, 3.8) is 0 Å². The average Bonchev–Trinajstić information content (AvgIpc) is 2.39. The maximum atomic E-state index is 11.6. The van der Waals surface area contributed by atoms with Crippen molar-refractivity contribution in [1.82, 2.24) is 4.98 Å². The number of esters is 1. The molecule has 2 heterocycles. The Morgan fingerprint density at radius 3 is 3.11 bits per heavy atom. The highest BCUT2D eigenvalue weighted by Gasteiger charge is 2.24. The van der Waals surface area contributed by atoms with E-state index in [0.29, 0.717) is 36.8 Å². The number of carbonyl (C=O) groups is 1. The molecule has 0 saturated carbocycles. The van der Waals surface area contributed by atoms with Gasteiger partial charge < -0.3 is 20.1 Å². The third-order valence-electron chi connectivity index (χ3n) is 3.01. The third-order valence-corrected chi connectivity index (χ3v) is 3.01. The predicted octanol–water partition coefficient (Wildman–Crippen LogP) is 0.676. The number of anilines is 2. The second-order valence-electron chi connectivity index (χ2n) is 4.20. The van der Waals surface area contributed by atoms with Gasteiger partial charge in [0.25, 0.3) is 0 Å². The number of methoxy groups -OCH3 is 1. The van der Waals surface area contributed by atoms with Crippen LogP contribution >= 0.6 is 0 Å². The van der Waals surface area contributed by atoms with Crippen molar-refractivity contribution >= 4 is 17.5 Å². The Hall–Kier alpha value is -1.82. The van der Waals surface area contributed by atoms with Gasteiger partial charge in [-0.15, -0.1) is 0 Å². The van der Waals surface area contributed by atoms with Crippen molar-refractivity contribution < 1.29 is 14.3 Å². The Labute approximate surface area is 106 Å². The van der Waals surface area contributed by atoms with Crippen molar-refractivity contribution in [3.8, 4) is 0 Å². The summed E-state index contributed by atoms with van der Waals surface area (Å²) >= 11 is 0. The molecular formula is C12H17N3O3. The largest absolute Gasteiger partial charge is 0.465 e. The molecule has 0 amide bonds. The molecule has 1 aliphatic rings. The van der Waals surface area contributed by atoms with E-state index in [1.165, 1.54) is 7.11 Å². The molecule has 2 N–H and O–H groups in total. The lowest BCUT2D eigenvalue weighted by atomic mass is 10.2. The molecule has 1 aliphatic heterocycles. The minimum Gasteiger partial charge on any atom is -0.465 e. The van der Waals surface area contributed by atoms with Crippen LogP contribution in [0.2, 0.25) is 0 Å². The minimum atomic E-state index is -0.447. The molecule has 1 unspecified atom stereocenters. The lowest BCUT2D eigenvalue weighted by molar-refractivity contribution is 0.0602. The van der Waals surface area contributed by atoms with Gasteiger partial charge >= 0.3 is 5.97 Å². The molecule has 0 aliphatic carbocycles. The number of aromatic nitrogens is 1. The van der Waals surface area contributed by atoms with Gasteiger partial charge in [0.1, 0.15) is 0 Å². The van der Waals surface area contributed by atoms with E-state index in [4.69, 9.17) is 15.2 Å². The van der Waals surface area contributed by atoms with E-state index in [-0.39, 0.29) is 6.04 Å². The zero-order valence-electron chi connectivity index (χ0n) is 10.5. The van der Waals surface area contributed by atoms with Gasteiger partial charge in [0, 0.05) is 12.7 Å². The van der Waals surface area contributed by atoms with E-state index in [1.54, 1.807) is 12.3 Å². The number of pyridine rings is 1. The third kappa shape index (κ3) is 2.24. The van der Waals surface area contributed by atoms with Crippen LogP contribution in [-0.2, 0) is 9.47 Å². The molecular weight excluding hydrogens is 234 g/mol. The Kier molecular flexibility index (Phi) is 3.66. The highest BCUT2D eigenvalue weighted by molar-refractivity contribution is 5.97. The number of rotatable bonds is 2. The zero-order valence-corrected chi connectivity index (χ0v) is 10.5. The molecule has 0 radical (unpaired) electrons. The van der Waals surface area contributed by atoms with Crippen LogP contribution in [-0.4, -0.2) is 43.9 Å². The number of morpholine rings is 1. The number of hydrogen-bond donors (Lipinski definition) is 1. The Balaban J connectivity index is 2.36. The van der Waals surface area contributed by atoms with Crippen LogP contribution in [0.5, 0.6) is 0 Å². The van der Waals surface area contributed by atoms with Crippen molar-refractivity contribution in [2.24, 2.45) is 0 Å². The summed E-state index contributed by atoms with van der Waals surface area (Å²) in [6.45, 7) is 4.01. The van der Waals surface area contributed by atoms with Crippen LogP contribution in [0, 0.1) is 0 Å². The molecule has 6 nitrogen and oxygen atoms in total. The molecule has 0 spiro atoms. The Morgan fingerprint density at radius 2 is 2.44 bits per heavy atom. The van der Waals surface area contributed by atoms with E-state index in [2.05, 4.69) is 4.98 Å². The van der Waals surface area contributed by atoms with Gasteiger partial charge in [0.05, 0.1) is 37.6 Å². The molecule has 0 bridgehead atoms. The summed E-state index contributed by atoms with van der Waals surface area (Å²) in [7, 11) is 1.33. The molecule has 1 saturated heterocycles. The van der Waals surface area contributed by atoms with Gasteiger partial charge in [0.15, 0.2) is 5.82 Å². The first-order valence-electron chi connectivity index (χ1n) is 5.82. The van der Waals surface area contributed by atoms with Crippen molar-refractivity contribution in [1.29, 1.82) is 0 Å². The van der Waals surface area contributed by atoms with E-state index in [9.17, 15) is 4.79 Å². The predicted molar refractivity (Wildman–Crippen MR) is 67.6 cm³/mol. The van der Waals surface area contributed by atoms with Gasteiger partial charge in [-0.1, -0.05) is 0 Å². The normalized spacial score (nSPS) is 19.7. The van der Waals surface area contributed by atoms with Gasteiger partial charge in [-0.05, 0) is 13.0 Å². The summed E-state index contributed by atoms with van der Waals surface area (Å²) in [4.78, 5) is 17.9. The standard InChI is InChI=1S/C12H17N3O3/c1-8-7-18-6-5-15(8)11-10(13)9(3-4-14-11)12(16)17-2/h3-4,8H,5-7,13H2,1-2H3. The van der Waals surface area contributed by atoms with Crippen LogP contribution in [0.1, 0.15) is 17.3 Å². The van der Waals surface area contributed by atoms with Crippen LogP contribution in [0.25, 0.3) is 0 Å². The van der Waals surface area contributed by atoms with E-state index < -0.39 is 5.97 Å². The van der Waals surface area contributed by atoms with Gasteiger partial charge in [0.2, 0.25) is 0 Å². The fourth-order valence-electron chi connectivity index (χ4n) is 2.02. The fraction of sp³-hybridized carbons (Fsp3) is 0.500. The van der Waals surface area contributed by atoms with E-state index in [1.807, 2.05) is 11.8 Å². The quantitative estimate of drug-likeness (QED) is 0.779. The molecule has 1 atom stereocenters. The monoisotopic (exact) mass is 251 g/mol. The molecule has 0 aromatic carbocycles. The van der Waals surface area contributed by atoms with Gasteiger partial charge in [-0.3, -0.25) is 0 Å². The lowest BCUT2D eigenvalue weighted by Gasteiger charge is -2.35. The Morgan fingerprint density at radius 1 is 1.67 bits per heavy atom. The lowest BCUT2D eigenvalue weighted by Crippen LogP contribution is -2.44. The smallest absolute Gasteiger partial charge is 0.340 e. The van der Waals surface area contributed by atoms with E-state index in [0.717, 1.165) is 0 Å². The van der Waals surface area contributed by atoms with Gasteiger partial charge in [-0.2, -0.15) is 0 Å². The number of nitrogens with two attached hydrogens (primary N) is 1. The second kappa shape index (κ2) is 5.22. The number of ether oxygens (including phenoxy) is 2. The van der Waals surface area contributed by atoms with Crippen LogP contribution < -0.4 is 10.6 Å². The molecule has 1 aromatic heterocycles. The summed E-state index contributed by atoms with van der Waals surface area (Å²) < 4.78 is 10.1. The summed E-state index contributed by atoms with van der Waals surface area (Å²) in [5, 5.41) is 0. The van der Waals surface area contributed by atoms with E-state index >= 15 is 0 Å². The van der Waals surface area contributed by atoms with Crippen LogP contribution in [0.4, 0.5) is 11.5 Å². The molecule has 98 valence electrons. The van der Waals surface area contributed by atoms with Crippen LogP contribution in [0.3, 0.4) is 0 Å². The summed E-state index contributed by atoms with van der Waals surface area (Å²) in [5.41, 5.74) is 6.71. The summed E-state index contributed by atoms with van der Waals surface area (Å²) in [6, 6.07) is 1.75. The molecule has 18 heavy (non-hydrogen) atoms. The van der Waals surface area contributed by atoms with Crippen molar-refractivity contribution in [2.45, 2.75) is 13.0 Å². The summed E-state index contributed by atoms with van der Waals surface area (Å²) in [5.74, 6) is 0.172. The number of carbonyl (C=O) groups excluding carboxylic acids is 1. The fourth-order valence-corrected chi connectivity index (χ4v) is 2.02. The first kappa shape index (κ1) is 12.6. The van der Waals surface area contributed by atoms with Crippen molar-refractivity contribution in [3.05, 3.63) is 17.8 Å². The highest BCUT2D eigenvalue weighted by atomic mass is 16.5. The molecule has 2 rings (SSSR count). The number of nitrogens with zero attached hydrogens (tertiary/aromatic N) is 2. The number of hydrogen-bond acceptors (Lipinski definition) is 6. The first-order chi connectivity index (χ1) is 8.65. The minimum absolute atomic E-state index is 0.182. The highest BCUT2D eigenvalue weighted by Crippen LogP contribution is 2.27. The van der Waals surface area contributed by atoms with Gasteiger partial charge in [-0.25, -0.2) is 9.78 Å². The Bertz CT molecular complexity index is 450. The van der Waals surface area contributed by atoms with Crippen LogP contribution in [0.15, 0.2) is 12.3 Å². The summed E-state index contributed by atoms with van der Waals surface area (Å²) in [6.07, 6.45) is 1.57. The maximum absolute atomic E-state index is 11.6. The maximum Gasteiger partial charge on any atom is 0.340 e. The zero-order chi connectivity index (χ0) is 13.1. The van der Waals surface area contributed by atoms with Crippen molar-refractivity contribution in [2.75, 3.05) is 37.5 Å². The first-order valence-corrected chi connectivity index (χ1v) is 5.82. The number of nitrogen functional groups attached to an aromatic ring is 1. The molecule has 1 aromatic rings. The topological polar surface area (TPSA) is 77.7 Å².